The summed E-state index contributed by atoms with van der Waals surface area (Å²) >= 11 is 3.40. The van der Waals surface area contributed by atoms with Crippen molar-refractivity contribution in [1.82, 2.24) is 10.6 Å². The number of benzene rings is 1. The third-order valence-electron chi connectivity index (χ3n) is 2.47. The first-order valence-corrected chi connectivity index (χ1v) is 6.52. The van der Waals surface area contributed by atoms with E-state index in [1.807, 2.05) is 32.2 Å². The molecule has 0 bridgehead atoms. The molecular weight excluding hydrogens is 280 g/mol. The van der Waals surface area contributed by atoms with Crippen molar-refractivity contribution in [2.45, 2.75) is 13.8 Å². The molecular formula is C13H19BrN2O. The van der Waals surface area contributed by atoms with Gasteiger partial charge in [-0.3, -0.25) is 4.79 Å². The smallest absolute Gasteiger partial charge is 0.251 e. The van der Waals surface area contributed by atoms with Gasteiger partial charge in [0.15, 0.2) is 0 Å². The highest BCUT2D eigenvalue weighted by Crippen LogP contribution is 2.15. The van der Waals surface area contributed by atoms with Gasteiger partial charge in [-0.15, -0.1) is 0 Å². The molecule has 1 aromatic carbocycles. The molecule has 1 unspecified atom stereocenters. The van der Waals surface area contributed by atoms with Crippen LogP contribution in [0.25, 0.3) is 0 Å². The van der Waals surface area contributed by atoms with E-state index in [-0.39, 0.29) is 5.91 Å². The van der Waals surface area contributed by atoms with Crippen LogP contribution in [0.1, 0.15) is 22.8 Å². The molecule has 1 aromatic rings. The predicted molar refractivity (Wildman–Crippen MR) is 74.3 cm³/mol. The first kappa shape index (κ1) is 14.2. The quantitative estimate of drug-likeness (QED) is 0.876. The lowest BCUT2D eigenvalue weighted by Crippen LogP contribution is -2.32. The van der Waals surface area contributed by atoms with Crippen molar-refractivity contribution >= 4 is 21.8 Å². The molecule has 0 heterocycles. The fourth-order valence-electron chi connectivity index (χ4n) is 1.66. The van der Waals surface area contributed by atoms with E-state index in [0.717, 1.165) is 16.6 Å². The summed E-state index contributed by atoms with van der Waals surface area (Å²) in [5.41, 5.74) is 1.78. The molecule has 0 spiro atoms. The minimum Gasteiger partial charge on any atom is -0.352 e. The fraction of sp³-hybridized carbons (Fsp3) is 0.462. The first-order valence-electron chi connectivity index (χ1n) is 5.73. The molecule has 0 aliphatic heterocycles. The molecule has 94 valence electrons. The monoisotopic (exact) mass is 298 g/mol. The number of hydrogen-bond donors (Lipinski definition) is 2. The fourth-order valence-corrected chi connectivity index (χ4v) is 2.26. The van der Waals surface area contributed by atoms with Gasteiger partial charge in [0.2, 0.25) is 0 Å². The lowest BCUT2D eigenvalue weighted by Gasteiger charge is -2.12. The molecule has 17 heavy (non-hydrogen) atoms. The van der Waals surface area contributed by atoms with Crippen LogP contribution < -0.4 is 10.6 Å². The third-order valence-corrected chi connectivity index (χ3v) is 2.93. The van der Waals surface area contributed by atoms with E-state index in [4.69, 9.17) is 0 Å². The highest BCUT2D eigenvalue weighted by molar-refractivity contribution is 9.10. The molecule has 0 radical (unpaired) electrons. The zero-order valence-corrected chi connectivity index (χ0v) is 12.1. The Morgan fingerprint density at radius 1 is 1.35 bits per heavy atom. The lowest BCUT2D eigenvalue weighted by molar-refractivity contribution is 0.0948. The van der Waals surface area contributed by atoms with Crippen LogP contribution in [-0.4, -0.2) is 26.0 Å². The van der Waals surface area contributed by atoms with Crippen molar-refractivity contribution in [3.8, 4) is 0 Å². The van der Waals surface area contributed by atoms with Gasteiger partial charge in [0, 0.05) is 16.6 Å². The molecule has 2 N–H and O–H groups in total. The van der Waals surface area contributed by atoms with Gasteiger partial charge in [0.25, 0.3) is 5.91 Å². The van der Waals surface area contributed by atoms with Gasteiger partial charge in [-0.25, -0.2) is 0 Å². The average Bonchev–Trinajstić information content (AvgIpc) is 2.25. The zero-order chi connectivity index (χ0) is 12.8. The summed E-state index contributed by atoms with van der Waals surface area (Å²) in [6.07, 6.45) is 0. The van der Waals surface area contributed by atoms with Crippen LogP contribution >= 0.6 is 15.9 Å². The minimum absolute atomic E-state index is 0.0163. The molecule has 1 amide bonds. The van der Waals surface area contributed by atoms with Gasteiger partial charge in [-0.1, -0.05) is 22.9 Å². The summed E-state index contributed by atoms with van der Waals surface area (Å²) in [6, 6.07) is 5.72. The maximum Gasteiger partial charge on any atom is 0.251 e. The number of halogens is 1. The molecule has 1 rings (SSSR count). The Morgan fingerprint density at radius 2 is 2.06 bits per heavy atom. The Balaban J connectivity index is 2.58. The number of hydrogen-bond acceptors (Lipinski definition) is 2. The Morgan fingerprint density at radius 3 is 2.65 bits per heavy atom. The van der Waals surface area contributed by atoms with E-state index >= 15 is 0 Å². The summed E-state index contributed by atoms with van der Waals surface area (Å²) < 4.78 is 0.936. The topological polar surface area (TPSA) is 41.1 Å². The van der Waals surface area contributed by atoms with Crippen LogP contribution in [0.5, 0.6) is 0 Å². The van der Waals surface area contributed by atoms with Gasteiger partial charge in [0.1, 0.15) is 0 Å². The van der Waals surface area contributed by atoms with Crippen molar-refractivity contribution in [3.05, 3.63) is 33.8 Å². The predicted octanol–water partition coefficient (Wildman–Crippen LogP) is 2.34. The van der Waals surface area contributed by atoms with Crippen molar-refractivity contribution in [2.75, 3.05) is 20.1 Å². The van der Waals surface area contributed by atoms with Crippen molar-refractivity contribution in [3.63, 3.8) is 0 Å². The summed E-state index contributed by atoms with van der Waals surface area (Å²) in [5.74, 6) is 0.412. The molecule has 0 saturated heterocycles. The molecule has 0 aliphatic carbocycles. The van der Waals surface area contributed by atoms with Crippen molar-refractivity contribution < 1.29 is 4.79 Å². The number of carbonyl (C=O) groups excluding carboxylic acids is 1. The van der Waals surface area contributed by atoms with E-state index in [0.29, 0.717) is 18.0 Å². The highest BCUT2D eigenvalue weighted by atomic mass is 79.9. The van der Waals surface area contributed by atoms with Crippen LogP contribution in [0.4, 0.5) is 0 Å². The van der Waals surface area contributed by atoms with Gasteiger partial charge >= 0.3 is 0 Å². The molecule has 1 atom stereocenters. The number of carbonyl (C=O) groups is 1. The second-order valence-electron chi connectivity index (χ2n) is 4.39. The maximum atomic E-state index is 11.9. The highest BCUT2D eigenvalue weighted by Gasteiger charge is 2.08. The van der Waals surface area contributed by atoms with E-state index in [9.17, 15) is 4.79 Å². The third kappa shape index (κ3) is 4.88. The Labute approximate surface area is 111 Å². The Hall–Kier alpha value is -0.870. The molecule has 4 heteroatoms. The summed E-state index contributed by atoms with van der Waals surface area (Å²) in [4.78, 5) is 11.9. The van der Waals surface area contributed by atoms with Crippen LogP contribution in [0.2, 0.25) is 0 Å². The van der Waals surface area contributed by atoms with Crippen molar-refractivity contribution in [1.29, 1.82) is 0 Å². The Kier molecular flexibility index (Phi) is 5.65. The van der Waals surface area contributed by atoms with E-state index < -0.39 is 0 Å². The van der Waals surface area contributed by atoms with Crippen LogP contribution in [-0.2, 0) is 0 Å². The van der Waals surface area contributed by atoms with Gasteiger partial charge < -0.3 is 10.6 Å². The second kappa shape index (κ2) is 6.77. The number of nitrogens with one attached hydrogen (secondary N) is 2. The van der Waals surface area contributed by atoms with E-state index in [1.54, 1.807) is 0 Å². The number of rotatable bonds is 5. The number of amides is 1. The number of aryl methyl sites for hydroxylation is 1. The maximum absolute atomic E-state index is 11.9. The lowest BCUT2D eigenvalue weighted by atomic mass is 10.1. The standard InChI is InChI=1S/C13H19BrN2O/c1-9-4-11(6-12(14)5-9)13(17)16-8-10(2)7-15-3/h4-6,10,15H,7-8H2,1-3H3,(H,16,17). The van der Waals surface area contributed by atoms with Crippen molar-refractivity contribution in [2.24, 2.45) is 5.92 Å². The summed E-state index contributed by atoms with van der Waals surface area (Å²) in [7, 11) is 1.91. The largest absolute Gasteiger partial charge is 0.352 e. The minimum atomic E-state index is -0.0163. The average molecular weight is 299 g/mol. The van der Waals surface area contributed by atoms with Gasteiger partial charge in [0.05, 0.1) is 0 Å². The van der Waals surface area contributed by atoms with Gasteiger partial charge in [-0.2, -0.15) is 0 Å². The molecule has 0 fully saturated rings. The molecule has 0 saturated carbocycles. The second-order valence-corrected chi connectivity index (χ2v) is 5.31. The zero-order valence-electron chi connectivity index (χ0n) is 10.5. The normalized spacial score (nSPS) is 12.2. The molecule has 3 nitrogen and oxygen atoms in total. The molecule has 0 aliphatic rings. The van der Waals surface area contributed by atoms with E-state index in [2.05, 4.69) is 33.5 Å². The Bertz CT molecular complexity index is 373. The van der Waals surface area contributed by atoms with Crippen LogP contribution in [0.15, 0.2) is 22.7 Å². The molecule has 0 aromatic heterocycles. The van der Waals surface area contributed by atoms with E-state index in [1.165, 1.54) is 0 Å². The summed E-state index contributed by atoms with van der Waals surface area (Å²) in [5, 5.41) is 6.03. The SMILES string of the molecule is CNCC(C)CNC(=O)c1cc(C)cc(Br)c1. The van der Waals surface area contributed by atoms with Gasteiger partial charge in [-0.05, 0) is 50.2 Å². The first-order chi connectivity index (χ1) is 8.02. The van der Waals surface area contributed by atoms with Crippen LogP contribution in [0.3, 0.4) is 0 Å². The van der Waals surface area contributed by atoms with Crippen LogP contribution in [0, 0.1) is 12.8 Å². The summed E-state index contributed by atoms with van der Waals surface area (Å²) in [6.45, 7) is 5.66.